The molecular formula is C5H16OSi2. The van der Waals surface area contributed by atoms with Crippen molar-refractivity contribution in [3.05, 3.63) is 0 Å². The van der Waals surface area contributed by atoms with Gasteiger partial charge in [-0.1, -0.05) is 6.04 Å². The third kappa shape index (κ3) is 3.40. The predicted molar refractivity (Wildman–Crippen MR) is 44.0 cm³/mol. The van der Waals surface area contributed by atoms with E-state index >= 15 is 0 Å². The first kappa shape index (κ1) is 8.39. The van der Waals surface area contributed by atoms with E-state index in [-0.39, 0.29) is 0 Å². The van der Waals surface area contributed by atoms with Crippen LogP contribution in [0.4, 0.5) is 0 Å². The lowest BCUT2D eigenvalue weighted by atomic mass is 10.9. The minimum absolute atomic E-state index is 1.14. The van der Waals surface area contributed by atoms with Crippen LogP contribution in [-0.2, 0) is 4.43 Å². The Labute approximate surface area is 56.0 Å². The van der Waals surface area contributed by atoms with Crippen LogP contribution in [0.1, 0.15) is 0 Å². The van der Waals surface area contributed by atoms with Crippen molar-refractivity contribution >= 4 is 18.6 Å². The molecule has 8 heavy (non-hydrogen) atoms. The molecule has 50 valence electrons. The summed E-state index contributed by atoms with van der Waals surface area (Å²) in [5.74, 6) is 0. The van der Waals surface area contributed by atoms with E-state index in [1.54, 1.807) is 0 Å². The Morgan fingerprint density at radius 1 is 1.50 bits per heavy atom. The molecule has 0 radical (unpaired) electrons. The average Bonchev–Trinajstić information content (AvgIpc) is 1.67. The van der Waals surface area contributed by atoms with Crippen molar-refractivity contribution in [2.24, 2.45) is 0 Å². The molecule has 0 heterocycles. The van der Waals surface area contributed by atoms with Crippen molar-refractivity contribution in [3.63, 3.8) is 0 Å². The van der Waals surface area contributed by atoms with Crippen LogP contribution in [0.15, 0.2) is 0 Å². The summed E-state index contributed by atoms with van der Waals surface area (Å²) in [5, 5.41) is 0. The lowest BCUT2D eigenvalue weighted by Gasteiger charge is -2.17. The topological polar surface area (TPSA) is 9.23 Å². The Morgan fingerprint density at radius 3 is 2.12 bits per heavy atom. The van der Waals surface area contributed by atoms with Crippen LogP contribution in [0.25, 0.3) is 0 Å². The monoisotopic (exact) mass is 148 g/mol. The molecule has 0 rings (SSSR count). The molecule has 0 aromatic heterocycles. The maximum Gasteiger partial charge on any atom is 0.185 e. The van der Waals surface area contributed by atoms with Gasteiger partial charge in [-0.3, -0.25) is 0 Å². The molecule has 0 atom stereocenters. The van der Waals surface area contributed by atoms with Crippen LogP contribution in [0.2, 0.25) is 25.2 Å². The minimum Gasteiger partial charge on any atom is -0.420 e. The second-order valence-corrected chi connectivity index (χ2v) is 8.14. The van der Waals surface area contributed by atoms with Gasteiger partial charge in [0, 0.05) is 17.4 Å². The molecule has 0 aromatic rings. The summed E-state index contributed by atoms with van der Waals surface area (Å²) in [6, 6.07) is 2.74. The molecule has 1 nitrogen and oxygen atoms in total. The molecule has 0 fully saturated rings. The van der Waals surface area contributed by atoms with E-state index in [2.05, 4.69) is 13.1 Å². The SMILES string of the molecule is CO[Si](C)(C)CC[SiH3]. The molecule has 0 saturated carbocycles. The fraction of sp³-hybridized carbons (Fsp3) is 1.00. The fourth-order valence-electron chi connectivity index (χ4n) is 0.704. The molecule has 0 unspecified atom stereocenters. The first-order chi connectivity index (χ1) is 3.62. The third-order valence-electron chi connectivity index (χ3n) is 1.40. The summed E-state index contributed by atoms with van der Waals surface area (Å²) in [6.45, 7) is 4.54. The third-order valence-corrected chi connectivity index (χ3v) is 5.71. The summed E-state index contributed by atoms with van der Waals surface area (Å²) < 4.78 is 5.34. The van der Waals surface area contributed by atoms with E-state index in [0.717, 1.165) is 0 Å². The standard InChI is InChI=1S/C5H16OSi2/c1-6-8(2,3)5-4-7/h4-5H2,1-3,7H3. The average molecular weight is 148 g/mol. The Bertz CT molecular complexity index is 63.4. The normalized spacial score (nSPS) is 12.4. The van der Waals surface area contributed by atoms with Gasteiger partial charge in [0.1, 0.15) is 0 Å². The van der Waals surface area contributed by atoms with Gasteiger partial charge in [0.05, 0.1) is 0 Å². The van der Waals surface area contributed by atoms with Crippen LogP contribution in [0.5, 0.6) is 0 Å². The van der Waals surface area contributed by atoms with E-state index in [1.165, 1.54) is 22.3 Å². The van der Waals surface area contributed by atoms with Crippen molar-refractivity contribution in [2.45, 2.75) is 25.2 Å². The Balaban J connectivity index is 3.37. The predicted octanol–water partition coefficient (Wildman–Crippen LogP) is 0.622. The largest absolute Gasteiger partial charge is 0.420 e. The van der Waals surface area contributed by atoms with Crippen LogP contribution in [0, 0.1) is 0 Å². The zero-order valence-electron chi connectivity index (χ0n) is 6.32. The molecule has 0 aliphatic carbocycles. The van der Waals surface area contributed by atoms with Gasteiger partial charge in [0.2, 0.25) is 0 Å². The van der Waals surface area contributed by atoms with Gasteiger partial charge >= 0.3 is 0 Å². The first-order valence-electron chi connectivity index (χ1n) is 3.17. The maximum absolute atomic E-state index is 5.34. The highest BCUT2D eigenvalue weighted by Crippen LogP contribution is 2.10. The summed E-state index contributed by atoms with van der Waals surface area (Å²) in [5.41, 5.74) is 0. The fourth-order valence-corrected chi connectivity index (χ4v) is 5.72. The van der Waals surface area contributed by atoms with Crippen LogP contribution < -0.4 is 0 Å². The summed E-state index contributed by atoms with van der Waals surface area (Å²) in [4.78, 5) is 0. The molecular weight excluding hydrogens is 132 g/mol. The first-order valence-corrected chi connectivity index (χ1v) is 7.70. The van der Waals surface area contributed by atoms with Crippen molar-refractivity contribution < 1.29 is 4.43 Å². The highest BCUT2D eigenvalue weighted by molar-refractivity contribution is 6.71. The molecule has 0 saturated heterocycles. The maximum atomic E-state index is 5.34. The van der Waals surface area contributed by atoms with Gasteiger partial charge in [0.15, 0.2) is 8.32 Å². The summed E-state index contributed by atoms with van der Waals surface area (Å²) in [7, 11) is 2.02. The zero-order chi connectivity index (χ0) is 6.62. The van der Waals surface area contributed by atoms with Crippen molar-refractivity contribution in [2.75, 3.05) is 7.11 Å². The Hall–Kier alpha value is 0.394. The van der Waals surface area contributed by atoms with Gasteiger partial charge in [-0.05, 0) is 19.1 Å². The van der Waals surface area contributed by atoms with Crippen LogP contribution in [0.3, 0.4) is 0 Å². The molecule has 0 aliphatic rings. The number of hydrogen-bond donors (Lipinski definition) is 0. The van der Waals surface area contributed by atoms with Crippen LogP contribution >= 0.6 is 0 Å². The lowest BCUT2D eigenvalue weighted by Crippen LogP contribution is -2.27. The molecule has 0 aliphatic heterocycles. The van der Waals surface area contributed by atoms with E-state index in [1.807, 2.05) is 7.11 Å². The van der Waals surface area contributed by atoms with Crippen molar-refractivity contribution in [3.8, 4) is 0 Å². The quantitative estimate of drug-likeness (QED) is 0.533. The second kappa shape index (κ2) is 3.43. The number of rotatable bonds is 3. The van der Waals surface area contributed by atoms with Gasteiger partial charge < -0.3 is 4.43 Å². The molecule has 0 aromatic carbocycles. The highest BCUT2D eigenvalue weighted by atomic mass is 28.4. The molecule has 0 amide bonds. The second-order valence-electron chi connectivity index (χ2n) is 2.71. The van der Waals surface area contributed by atoms with Crippen molar-refractivity contribution in [1.82, 2.24) is 0 Å². The van der Waals surface area contributed by atoms with Gasteiger partial charge in [-0.25, -0.2) is 0 Å². The van der Waals surface area contributed by atoms with E-state index < -0.39 is 8.32 Å². The molecule has 3 heteroatoms. The van der Waals surface area contributed by atoms with Crippen molar-refractivity contribution in [1.29, 1.82) is 0 Å². The molecule has 0 N–H and O–H groups in total. The number of hydrogen-bond acceptors (Lipinski definition) is 1. The molecule has 0 bridgehead atoms. The Kier molecular flexibility index (Phi) is 3.59. The highest BCUT2D eigenvalue weighted by Gasteiger charge is 2.17. The van der Waals surface area contributed by atoms with Gasteiger partial charge in [-0.15, -0.1) is 0 Å². The van der Waals surface area contributed by atoms with E-state index in [9.17, 15) is 0 Å². The molecule has 0 spiro atoms. The Morgan fingerprint density at radius 2 is 2.00 bits per heavy atom. The zero-order valence-corrected chi connectivity index (χ0v) is 9.32. The van der Waals surface area contributed by atoms with E-state index in [4.69, 9.17) is 4.43 Å². The van der Waals surface area contributed by atoms with Gasteiger partial charge in [-0.2, -0.15) is 0 Å². The lowest BCUT2D eigenvalue weighted by molar-refractivity contribution is 0.405. The van der Waals surface area contributed by atoms with Gasteiger partial charge in [0.25, 0.3) is 0 Å². The summed E-state index contributed by atoms with van der Waals surface area (Å²) in [6.07, 6.45) is 0. The van der Waals surface area contributed by atoms with Crippen LogP contribution in [-0.4, -0.2) is 25.7 Å². The summed E-state index contributed by atoms with van der Waals surface area (Å²) >= 11 is 0. The smallest absolute Gasteiger partial charge is 0.185 e. The minimum atomic E-state index is -1.14. The van der Waals surface area contributed by atoms with E-state index in [0.29, 0.717) is 0 Å².